The monoisotopic (exact) mass is 1030 g/mol. The van der Waals surface area contributed by atoms with Crippen LogP contribution < -0.4 is 58.9 Å². The number of alkyl carbamates (subject to hydrolysis) is 3. The van der Waals surface area contributed by atoms with E-state index in [1.54, 1.807) is 90.0 Å². The van der Waals surface area contributed by atoms with E-state index < -0.39 is 125 Å². The van der Waals surface area contributed by atoms with Gasteiger partial charge in [-0.1, -0.05) is 27.7 Å². The van der Waals surface area contributed by atoms with E-state index in [4.69, 9.17) is 19.9 Å². The summed E-state index contributed by atoms with van der Waals surface area (Å²) < 4.78 is 15.9. The summed E-state index contributed by atoms with van der Waals surface area (Å²) in [4.78, 5) is 136. The average Bonchev–Trinajstić information content (AvgIpc) is 3.20. The second kappa shape index (κ2) is 29.5. The van der Waals surface area contributed by atoms with Crippen molar-refractivity contribution in [2.75, 3.05) is 26.2 Å². The number of carbonyl (C=O) groups excluding carboxylic acids is 10. The van der Waals surface area contributed by atoms with Crippen molar-refractivity contribution in [3.63, 3.8) is 0 Å². The highest BCUT2D eigenvalue weighted by molar-refractivity contribution is 5.97. The van der Waals surface area contributed by atoms with E-state index >= 15 is 0 Å². The van der Waals surface area contributed by atoms with Gasteiger partial charge in [-0.3, -0.25) is 33.6 Å². The maximum Gasteiger partial charge on any atom is 0.407 e. The van der Waals surface area contributed by atoms with Gasteiger partial charge in [0.05, 0.1) is 12.1 Å². The molecule has 412 valence electrons. The summed E-state index contributed by atoms with van der Waals surface area (Å²) in [6.07, 6.45) is -4.90. The summed E-state index contributed by atoms with van der Waals surface area (Å²) in [5.74, 6) is -6.59. The molecule has 1 saturated heterocycles. The van der Waals surface area contributed by atoms with Crippen molar-refractivity contribution in [1.82, 2.24) is 53.2 Å². The first-order valence-electron chi connectivity index (χ1n) is 24.5. The first-order valence-corrected chi connectivity index (χ1v) is 24.5. The van der Waals surface area contributed by atoms with Crippen molar-refractivity contribution in [3.05, 3.63) is 0 Å². The molecule has 1 aliphatic rings. The molecular formula is C47H85N11O14. The van der Waals surface area contributed by atoms with E-state index in [9.17, 15) is 53.1 Å². The molecule has 0 aromatic rings. The molecule has 1 rings (SSSR count). The van der Waals surface area contributed by atoms with Gasteiger partial charge in [-0.05, 0) is 120 Å². The van der Waals surface area contributed by atoms with Gasteiger partial charge in [-0.15, -0.1) is 0 Å². The third kappa shape index (κ3) is 27.0. The molecule has 0 aliphatic carbocycles. The number of aliphatic hydroxyl groups excluding tert-OH is 1. The lowest BCUT2D eigenvalue weighted by atomic mass is 9.99. The second-order valence-electron chi connectivity index (χ2n) is 21.6. The Morgan fingerprint density at radius 3 is 1.11 bits per heavy atom. The summed E-state index contributed by atoms with van der Waals surface area (Å²) >= 11 is 0. The van der Waals surface area contributed by atoms with Gasteiger partial charge >= 0.3 is 18.3 Å². The Morgan fingerprint density at radius 1 is 0.514 bits per heavy atom. The molecular weight excluding hydrogens is 943 g/mol. The van der Waals surface area contributed by atoms with E-state index in [1.165, 1.54) is 6.92 Å². The van der Waals surface area contributed by atoms with E-state index in [2.05, 4.69) is 53.2 Å². The number of hydrogen-bond acceptors (Lipinski definition) is 15. The molecule has 0 saturated carbocycles. The Labute approximate surface area is 423 Å². The Balaban J connectivity index is 3.90. The number of aliphatic hydroxyl groups is 1. The lowest BCUT2D eigenvalue weighted by Gasteiger charge is -2.29. The minimum absolute atomic E-state index is 0.0292. The lowest BCUT2D eigenvalue weighted by molar-refractivity contribution is -0.136. The van der Waals surface area contributed by atoms with Crippen LogP contribution in [0.3, 0.4) is 0 Å². The Kier molecular flexibility index (Phi) is 26.3. The number of ether oxygens (including phenoxy) is 3. The molecule has 0 bridgehead atoms. The third-order valence-electron chi connectivity index (χ3n) is 10.0. The number of hydrogen-bond donors (Lipinski definition) is 12. The molecule has 0 radical (unpaired) electrons. The van der Waals surface area contributed by atoms with Crippen LogP contribution in [0, 0.1) is 11.8 Å². The third-order valence-corrected chi connectivity index (χ3v) is 10.0. The number of rotatable bonds is 14. The van der Waals surface area contributed by atoms with Crippen molar-refractivity contribution in [2.45, 2.75) is 201 Å². The van der Waals surface area contributed by atoms with Crippen molar-refractivity contribution in [3.8, 4) is 0 Å². The highest BCUT2D eigenvalue weighted by atomic mass is 16.6. The predicted molar refractivity (Wildman–Crippen MR) is 264 cm³/mol. The molecule has 0 spiro atoms. The maximum atomic E-state index is 14.3. The number of amides is 10. The Bertz CT molecular complexity index is 1860. The summed E-state index contributed by atoms with van der Waals surface area (Å²) in [7, 11) is 0. The van der Waals surface area contributed by atoms with Crippen molar-refractivity contribution in [1.29, 1.82) is 0 Å². The maximum absolute atomic E-state index is 14.3. The van der Waals surface area contributed by atoms with Crippen LogP contribution in [-0.2, 0) is 47.8 Å². The first-order chi connectivity index (χ1) is 33.1. The number of nitrogens with one attached hydrogen (secondary N) is 10. The van der Waals surface area contributed by atoms with Gasteiger partial charge in [0.1, 0.15) is 53.1 Å². The fraction of sp³-hybridized carbons (Fsp3) is 0.787. The van der Waals surface area contributed by atoms with Crippen LogP contribution in [0.25, 0.3) is 0 Å². The topological polar surface area (TPSA) is 365 Å². The SMILES string of the molecule is CC(C)C[C@@H]1NC(=O)[C@@H](CC(C)C)NC(=O)[C@H](CCNC(=O)OC(C)(C)C)NC(=O)[C@@H](N)CCNC(=O)[C@H](C(C)O)NC(=O)[C@H](CCNC(=O)OC(C)(C)C)NC(=O)[C@H](CCNC(=O)OC(C)(C)C)NC1=O. The average molecular weight is 1030 g/mol. The van der Waals surface area contributed by atoms with E-state index in [0.29, 0.717) is 0 Å². The van der Waals surface area contributed by atoms with Gasteiger partial charge in [-0.2, -0.15) is 0 Å². The van der Waals surface area contributed by atoms with Crippen LogP contribution in [0.2, 0.25) is 0 Å². The minimum Gasteiger partial charge on any atom is -0.444 e. The van der Waals surface area contributed by atoms with Gasteiger partial charge in [0.25, 0.3) is 0 Å². The van der Waals surface area contributed by atoms with E-state index in [0.717, 1.165) is 0 Å². The second-order valence-corrected chi connectivity index (χ2v) is 21.6. The molecule has 25 nitrogen and oxygen atoms in total. The molecule has 1 unspecified atom stereocenters. The number of nitrogens with two attached hydrogens (primary N) is 1. The minimum atomic E-state index is -1.64. The fourth-order valence-electron chi connectivity index (χ4n) is 6.73. The predicted octanol–water partition coefficient (Wildman–Crippen LogP) is -0.0402. The molecule has 0 aromatic heterocycles. The van der Waals surface area contributed by atoms with Crippen LogP contribution in [-0.4, -0.2) is 156 Å². The molecule has 0 aromatic carbocycles. The highest BCUT2D eigenvalue weighted by Gasteiger charge is 2.36. The lowest BCUT2D eigenvalue weighted by Crippen LogP contribution is -2.61. The van der Waals surface area contributed by atoms with Crippen molar-refractivity contribution >= 4 is 59.6 Å². The Morgan fingerprint density at radius 2 is 0.806 bits per heavy atom. The fourth-order valence-corrected chi connectivity index (χ4v) is 6.73. The van der Waals surface area contributed by atoms with Crippen molar-refractivity contribution in [2.24, 2.45) is 17.6 Å². The largest absolute Gasteiger partial charge is 0.444 e. The zero-order chi connectivity index (χ0) is 55.3. The zero-order valence-electron chi connectivity index (χ0n) is 44.7. The molecule has 72 heavy (non-hydrogen) atoms. The van der Waals surface area contributed by atoms with Gasteiger partial charge in [0, 0.05) is 26.2 Å². The number of carbonyl (C=O) groups is 10. The van der Waals surface area contributed by atoms with Crippen LogP contribution in [0.4, 0.5) is 14.4 Å². The van der Waals surface area contributed by atoms with Crippen LogP contribution in [0.15, 0.2) is 0 Å². The van der Waals surface area contributed by atoms with Crippen LogP contribution in [0.1, 0.15) is 135 Å². The van der Waals surface area contributed by atoms with Gasteiger partial charge < -0.3 is 78.2 Å². The standard InChI is InChI=1S/C47H85N11O14/c1-25(2)23-32-39(64)55-30(17-21-51-43(68)71-46(9,10)11)36(61)54-31(18-22-52-44(69)72-47(12,13)14)38(63)58-34(27(5)59)41(66)49-19-15-28(48)35(60)53-29(16-20-50-42(67)70-45(6,7)8)37(62)56-33(24-26(3)4)40(65)57-32/h25-34,59H,15-24,48H2,1-14H3,(H,49,66)(H,50,67)(H,51,68)(H,52,69)(H,53,60)(H,54,61)(H,55,64)(H,56,62)(H,57,65)(H,58,63)/t27?,28-,29-,30-,31-,32-,33+,34-/m0/s1. The Hall–Kier alpha value is -5.98. The zero-order valence-corrected chi connectivity index (χ0v) is 44.7. The molecule has 13 N–H and O–H groups in total. The van der Waals surface area contributed by atoms with Crippen LogP contribution >= 0.6 is 0 Å². The van der Waals surface area contributed by atoms with Gasteiger partial charge in [0.15, 0.2) is 0 Å². The molecule has 1 aliphatic heterocycles. The van der Waals surface area contributed by atoms with Crippen molar-refractivity contribution < 1.29 is 67.3 Å². The summed E-state index contributed by atoms with van der Waals surface area (Å²) in [6, 6.07) is -10.0. The molecule has 25 heteroatoms. The van der Waals surface area contributed by atoms with E-state index in [1.807, 2.05) is 0 Å². The molecule has 1 heterocycles. The first kappa shape index (κ1) is 64.0. The van der Waals surface area contributed by atoms with Crippen LogP contribution in [0.5, 0.6) is 0 Å². The quantitative estimate of drug-likeness (QED) is 0.102. The highest BCUT2D eigenvalue weighted by Crippen LogP contribution is 2.13. The molecule has 8 atom stereocenters. The van der Waals surface area contributed by atoms with E-state index in [-0.39, 0.29) is 76.5 Å². The summed E-state index contributed by atoms with van der Waals surface area (Å²) in [5.41, 5.74) is 3.62. The normalized spacial score (nSPS) is 23.4. The van der Waals surface area contributed by atoms with Gasteiger partial charge in [-0.25, -0.2) is 14.4 Å². The smallest absolute Gasteiger partial charge is 0.407 e. The summed E-state index contributed by atoms with van der Waals surface area (Å²) in [6.45, 7) is 22.3. The molecule has 1 fully saturated rings. The summed E-state index contributed by atoms with van der Waals surface area (Å²) in [5, 5.41) is 36.3. The van der Waals surface area contributed by atoms with Gasteiger partial charge in [0.2, 0.25) is 41.4 Å². The molecule has 10 amide bonds.